The van der Waals surface area contributed by atoms with Crippen molar-refractivity contribution in [3.63, 3.8) is 0 Å². The van der Waals surface area contributed by atoms with Crippen LogP contribution in [0.1, 0.15) is 48.4 Å². The maximum absolute atomic E-state index is 9.42. The second-order valence-corrected chi connectivity index (χ2v) is 12.9. The van der Waals surface area contributed by atoms with Crippen LogP contribution >= 0.6 is 21.7 Å². The molecule has 0 aliphatic carbocycles. The van der Waals surface area contributed by atoms with Crippen LogP contribution in [0.25, 0.3) is 0 Å². The first-order valence-corrected chi connectivity index (χ1v) is 16.2. The summed E-state index contributed by atoms with van der Waals surface area (Å²) in [6, 6.07) is 25.8. The van der Waals surface area contributed by atoms with Crippen molar-refractivity contribution in [2.75, 3.05) is 0 Å². The molecular weight excluding hydrogens is 580 g/mol. The maximum atomic E-state index is 9.42. The molecule has 0 heterocycles. The van der Waals surface area contributed by atoms with E-state index in [9.17, 15) is 27.3 Å². The maximum Gasteiger partial charge on any atom is 0.123 e. The molecule has 11 heteroatoms. The Labute approximate surface area is 249 Å². The topological polar surface area (TPSA) is 149 Å². The van der Waals surface area contributed by atoms with E-state index in [2.05, 4.69) is 26.0 Å². The van der Waals surface area contributed by atoms with Crippen LogP contribution in [-0.4, -0.2) is 27.3 Å². The predicted molar refractivity (Wildman–Crippen MR) is 165 cm³/mol. The van der Waals surface area contributed by atoms with E-state index in [1.165, 1.54) is 29.8 Å². The Balaban J connectivity index is 1.48. The van der Waals surface area contributed by atoms with Gasteiger partial charge in [0.2, 0.25) is 0 Å². The second kappa shape index (κ2) is 13.8. The normalized spacial score (nSPS) is 13.3. The van der Waals surface area contributed by atoms with Gasteiger partial charge in [-0.25, -0.2) is 0 Å². The molecule has 4 rings (SSSR count). The van der Waals surface area contributed by atoms with Gasteiger partial charge in [-0.1, -0.05) is 50.2 Å². The van der Waals surface area contributed by atoms with Crippen molar-refractivity contribution in [2.45, 2.75) is 55.8 Å². The number of hydrogen-bond acceptors (Lipinski definition) is 9. The lowest BCUT2D eigenvalue weighted by Gasteiger charge is -2.19. The molecule has 0 spiro atoms. The summed E-state index contributed by atoms with van der Waals surface area (Å²) in [7, 11) is -7.56. The van der Waals surface area contributed by atoms with Crippen LogP contribution < -0.4 is 14.2 Å². The summed E-state index contributed by atoms with van der Waals surface area (Å²) in [5.41, 5.74) is 3.57. The molecule has 1 unspecified atom stereocenters. The molecule has 0 bridgehead atoms. The Hall–Kier alpha value is -3.26. The highest BCUT2D eigenvalue weighted by molar-refractivity contribution is 8.19. The zero-order chi connectivity index (χ0) is 30.3. The molecule has 226 valence electrons. The fraction of sp³-hybridized carbons (Fsp3) is 0.226. The van der Waals surface area contributed by atoms with Gasteiger partial charge in [-0.3, -0.25) is 0 Å². The Kier molecular flexibility index (Phi) is 10.4. The molecular formula is C31H36O9S2. The molecule has 0 saturated carbocycles. The number of ether oxygens (including phenoxy) is 3. The number of hydrogen-bond donors (Lipinski definition) is 6. The molecule has 0 radical (unpaired) electrons. The first kappa shape index (κ1) is 31.7. The zero-order valence-electron chi connectivity index (χ0n) is 23.3. The van der Waals surface area contributed by atoms with E-state index < -0.39 is 21.7 Å². The average molecular weight is 617 g/mol. The molecule has 6 N–H and O–H groups in total. The van der Waals surface area contributed by atoms with Crippen LogP contribution in [0.5, 0.6) is 17.2 Å². The highest BCUT2D eigenvalue weighted by Gasteiger charge is 2.16. The highest BCUT2D eigenvalue weighted by Crippen LogP contribution is 2.44. The first-order chi connectivity index (χ1) is 19.9. The molecule has 42 heavy (non-hydrogen) atoms. The van der Waals surface area contributed by atoms with Crippen LogP contribution in [-0.2, 0) is 19.8 Å². The molecule has 9 nitrogen and oxygen atoms in total. The van der Waals surface area contributed by atoms with Gasteiger partial charge < -0.3 is 41.5 Å². The third-order valence-electron chi connectivity index (χ3n) is 6.70. The van der Waals surface area contributed by atoms with Crippen molar-refractivity contribution in [2.24, 2.45) is 0 Å². The van der Waals surface area contributed by atoms with Gasteiger partial charge in [0.05, 0.1) is 9.79 Å². The van der Waals surface area contributed by atoms with E-state index in [1.54, 1.807) is 30.3 Å². The largest absolute Gasteiger partial charge is 0.489 e. The van der Waals surface area contributed by atoms with Crippen LogP contribution in [0, 0.1) is 0 Å². The molecule has 0 saturated heterocycles. The Bertz CT molecular complexity index is 1350. The van der Waals surface area contributed by atoms with Gasteiger partial charge in [0.15, 0.2) is 0 Å². The van der Waals surface area contributed by atoms with Crippen molar-refractivity contribution >= 4 is 21.7 Å². The van der Waals surface area contributed by atoms with Gasteiger partial charge in [-0.15, -0.1) is 0 Å². The van der Waals surface area contributed by atoms with Crippen molar-refractivity contribution in [1.82, 2.24) is 0 Å². The van der Waals surface area contributed by atoms with Crippen LogP contribution in [0.15, 0.2) is 101 Å². The van der Waals surface area contributed by atoms with Crippen molar-refractivity contribution in [1.29, 1.82) is 0 Å². The van der Waals surface area contributed by atoms with Crippen molar-refractivity contribution in [3.8, 4) is 17.2 Å². The monoisotopic (exact) mass is 616 g/mol. The SMILES string of the molecule is CCC(C)c1ccc(OCc2cc(OCc3ccc(S(O)(O)O)cc3)cc(OCc3ccc(S(O)(O)O)cc3)c2)cc1. The Morgan fingerprint density at radius 1 is 0.524 bits per heavy atom. The number of rotatable bonds is 13. The zero-order valence-corrected chi connectivity index (χ0v) is 24.9. The standard InChI is InChI=1S/C31H36O9S2/c1-3-22(2)26-8-10-27(11-9-26)38-21-25-16-28(39-19-23-4-12-30(13-5-23)41(32,33)34)18-29(17-25)40-20-24-6-14-31(15-7-24)42(35,36)37/h4-18,22,32-37H,3,19-21H2,1-2H3. The third-order valence-corrected chi connectivity index (χ3v) is 8.51. The summed E-state index contributed by atoms with van der Waals surface area (Å²) in [6.07, 6.45) is 1.06. The molecule has 4 aromatic rings. The van der Waals surface area contributed by atoms with E-state index in [-0.39, 0.29) is 29.6 Å². The summed E-state index contributed by atoms with van der Waals surface area (Å²) in [5, 5.41) is 0. The van der Waals surface area contributed by atoms with Gasteiger partial charge in [0, 0.05) is 6.07 Å². The highest BCUT2D eigenvalue weighted by atomic mass is 32.3. The lowest BCUT2D eigenvalue weighted by molar-refractivity contribution is 0.281. The van der Waals surface area contributed by atoms with E-state index >= 15 is 0 Å². The second-order valence-electron chi connectivity index (χ2n) is 9.88. The summed E-state index contributed by atoms with van der Waals surface area (Å²) in [5.74, 6) is 2.26. The summed E-state index contributed by atoms with van der Waals surface area (Å²) in [6.45, 7) is 4.97. The van der Waals surface area contributed by atoms with Gasteiger partial charge in [-0.2, -0.15) is 0 Å². The lowest BCUT2D eigenvalue weighted by Crippen LogP contribution is -2.02. The van der Waals surface area contributed by atoms with Gasteiger partial charge in [0.25, 0.3) is 0 Å². The third kappa shape index (κ3) is 9.12. The van der Waals surface area contributed by atoms with Crippen molar-refractivity contribution < 1.29 is 41.5 Å². The van der Waals surface area contributed by atoms with E-state index in [0.29, 0.717) is 17.4 Å². The molecule has 0 aromatic heterocycles. The Morgan fingerprint density at radius 2 is 0.929 bits per heavy atom. The van der Waals surface area contributed by atoms with Gasteiger partial charge in [0.1, 0.15) is 58.8 Å². The minimum Gasteiger partial charge on any atom is -0.489 e. The van der Waals surface area contributed by atoms with E-state index in [1.807, 2.05) is 24.3 Å². The quantitative estimate of drug-likeness (QED) is 0.0864. The molecule has 0 aliphatic rings. The average Bonchev–Trinajstić information content (AvgIpc) is 2.97. The number of benzene rings is 4. The van der Waals surface area contributed by atoms with E-state index in [4.69, 9.17) is 14.2 Å². The molecule has 0 amide bonds. The molecule has 4 aromatic carbocycles. The Morgan fingerprint density at radius 3 is 1.33 bits per heavy atom. The molecule has 0 fully saturated rings. The van der Waals surface area contributed by atoms with E-state index in [0.717, 1.165) is 28.9 Å². The lowest BCUT2D eigenvalue weighted by atomic mass is 9.99. The fourth-order valence-electron chi connectivity index (χ4n) is 4.05. The van der Waals surface area contributed by atoms with Gasteiger partial charge >= 0.3 is 0 Å². The molecule has 1 atom stereocenters. The van der Waals surface area contributed by atoms with Crippen LogP contribution in [0.4, 0.5) is 0 Å². The summed E-state index contributed by atoms with van der Waals surface area (Å²) >= 11 is 0. The minimum atomic E-state index is -3.78. The summed E-state index contributed by atoms with van der Waals surface area (Å²) < 4.78 is 74.6. The molecule has 0 aliphatic heterocycles. The van der Waals surface area contributed by atoms with Crippen LogP contribution in [0.3, 0.4) is 0 Å². The minimum absolute atomic E-state index is 0.0235. The first-order valence-electron chi connectivity index (χ1n) is 13.2. The van der Waals surface area contributed by atoms with Crippen molar-refractivity contribution in [3.05, 3.63) is 113 Å². The fourth-order valence-corrected chi connectivity index (χ4v) is 5.05. The predicted octanol–water partition coefficient (Wildman–Crippen LogP) is 9.10. The van der Waals surface area contributed by atoms with Crippen LogP contribution in [0.2, 0.25) is 0 Å². The smallest absolute Gasteiger partial charge is 0.123 e. The van der Waals surface area contributed by atoms with Gasteiger partial charge in [-0.05, 0) is 83.1 Å². The summed E-state index contributed by atoms with van der Waals surface area (Å²) in [4.78, 5) is 0.0470.